The molecule has 8 heteroatoms. The summed E-state index contributed by atoms with van der Waals surface area (Å²) in [6.45, 7) is 1.21. The third-order valence-electron chi connectivity index (χ3n) is 2.05. The van der Waals surface area contributed by atoms with Crippen molar-refractivity contribution >= 4 is 17.5 Å². The van der Waals surface area contributed by atoms with Crippen LogP contribution in [0.25, 0.3) is 0 Å². The van der Waals surface area contributed by atoms with Crippen LogP contribution in [0, 0.1) is 17.5 Å². The smallest absolute Gasteiger partial charge is 0.313 e. The molecule has 1 atom stereocenters. The fraction of sp³-hybridized carbons (Fsp3) is 0.273. The van der Waals surface area contributed by atoms with Gasteiger partial charge >= 0.3 is 11.8 Å². The average molecular weight is 276 g/mol. The number of nitrogens with one attached hydrogen (secondary N) is 2. The molecule has 0 aliphatic carbocycles. The molecule has 0 heterocycles. The van der Waals surface area contributed by atoms with Crippen LogP contribution in [0.1, 0.15) is 6.92 Å². The van der Waals surface area contributed by atoms with Gasteiger partial charge in [-0.05, 0) is 19.1 Å². The molecule has 0 saturated heterocycles. The lowest BCUT2D eigenvalue weighted by atomic mass is 10.2. The van der Waals surface area contributed by atoms with E-state index in [9.17, 15) is 22.8 Å². The van der Waals surface area contributed by atoms with Gasteiger partial charge in [0.1, 0.15) is 0 Å². The Hall–Kier alpha value is -2.09. The first-order chi connectivity index (χ1) is 8.82. The summed E-state index contributed by atoms with van der Waals surface area (Å²) >= 11 is 0. The molecule has 0 spiro atoms. The molecular weight excluding hydrogens is 265 g/mol. The Labute approximate surface area is 106 Å². The minimum atomic E-state index is -1.75. The predicted molar refractivity (Wildman–Crippen MR) is 59.6 cm³/mol. The molecule has 1 rings (SSSR count). The maximum Gasteiger partial charge on any atom is 0.313 e. The van der Waals surface area contributed by atoms with Crippen LogP contribution in [0.4, 0.5) is 18.9 Å². The molecule has 0 fully saturated rings. The second kappa shape index (κ2) is 6.19. The fourth-order valence-electron chi connectivity index (χ4n) is 1.12. The van der Waals surface area contributed by atoms with Crippen LogP contribution in [0.2, 0.25) is 0 Å². The Morgan fingerprint density at radius 3 is 2.42 bits per heavy atom. The highest BCUT2D eigenvalue weighted by molar-refractivity contribution is 6.39. The van der Waals surface area contributed by atoms with Crippen molar-refractivity contribution in [3.8, 4) is 0 Å². The van der Waals surface area contributed by atoms with Gasteiger partial charge in [-0.2, -0.15) is 0 Å². The molecule has 3 N–H and O–H groups in total. The first-order valence-electron chi connectivity index (χ1n) is 5.23. The number of aliphatic hydroxyl groups is 1. The summed E-state index contributed by atoms with van der Waals surface area (Å²) in [4.78, 5) is 22.5. The third kappa shape index (κ3) is 3.95. The van der Waals surface area contributed by atoms with Gasteiger partial charge in [-0.15, -0.1) is 0 Å². The van der Waals surface area contributed by atoms with Crippen LogP contribution in [-0.2, 0) is 9.59 Å². The Morgan fingerprint density at radius 1 is 1.21 bits per heavy atom. The lowest BCUT2D eigenvalue weighted by molar-refractivity contribution is -0.136. The zero-order valence-electron chi connectivity index (χ0n) is 9.84. The van der Waals surface area contributed by atoms with E-state index in [0.29, 0.717) is 6.07 Å². The number of rotatable bonds is 3. The van der Waals surface area contributed by atoms with Crippen molar-refractivity contribution in [1.82, 2.24) is 5.32 Å². The summed E-state index contributed by atoms with van der Waals surface area (Å²) in [5.74, 6) is -7.15. The molecule has 104 valence electrons. The number of hydrogen-bond acceptors (Lipinski definition) is 3. The quantitative estimate of drug-likeness (QED) is 0.557. The fourth-order valence-corrected chi connectivity index (χ4v) is 1.12. The van der Waals surface area contributed by atoms with E-state index in [0.717, 1.165) is 6.07 Å². The number of carbonyl (C=O) groups is 2. The average Bonchev–Trinajstić information content (AvgIpc) is 2.36. The lowest BCUT2D eigenvalue weighted by Crippen LogP contribution is -2.39. The van der Waals surface area contributed by atoms with Crippen LogP contribution in [0.15, 0.2) is 12.1 Å². The largest absolute Gasteiger partial charge is 0.392 e. The van der Waals surface area contributed by atoms with E-state index in [2.05, 4.69) is 5.32 Å². The first-order valence-corrected chi connectivity index (χ1v) is 5.23. The summed E-state index contributed by atoms with van der Waals surface area (Å²) < 4.78 is 38.7. The normalized spacial score (nSPS) is 11.8. The van der Waals surface area contributed by atoms with E-state index in [1.54, 1.807) is 5.32 Å². The zero-order valence-corrected chi connectivity index (χ0v) is 9.84. The summed E-state index contributed by atoms with van der Waals surface area (Å²) in [5, 5.41) is 12.7. The molecule has 19 heavy (non-hydrogen) atoms. The number of anilines is 1. The molecule has 0 saturated carbocycles. The van der Waals surface area contributed by atoms with Crippen LogP contribution in [-0.4, -0.2) is 29.6 Å². The van der Waals surface area contributed by atoms with Crippen molar-refractivity contribution in [2.45, 2.75) is 13.0 Å². The monoisotopic (exact) mass is 276 g/mol. The van der Waals surface area contributed by atoms with Crippen molar-refractivity contribution in [2.24, 2.45) is 0 Å². The van der Waals surface area contributed by atoms with Crippen LogP contribution < -0.4 is 10.6 Å². The number of hydrogen-bond donors (Lipinski definition) is 3. The Kier molecular flexibility index (Phi) is 4.87. The second-order valence-corrected chi connectivity index (χ2v) is 3.74. The number of halogens is 3. The van der Waals surface area contributed by atoms with Crippen molar-refractivity contribution in [1.29, 1.82) is 0 Å². The summed E-state index contributed by atoms with van der Waals surface area (Å²) in [5.41, 5.74) is -0.656. The SMILES string of the molecule is CC(O)CNC(=O)C(=O)Nc1ccc(F)c(F)c1F. The van der Waals surface area contributed by atoms with Gasteiger partial charge in [0, 0.05) is 6.54 Å². The highest BCUT2D eigenvalue weighted by atomic mass is 19.2. The molecular formula is C11H11F3N2O3. The molecule has 0 bridgehead atoms. The van der Waals surface area contributed by atoms with Gasteiger partial charge in [0.2, 0.25) is 0 Å². The van der Waals surface area contributed by atoms with Gasteiger partial charge in [0.15, 0.2) is 17.5 Å². The number of benzene rings is 1. The molecule has 0 aromatic heterocycles. The molecule has 0 aliphatic rings. The molecule has 2 amide bonds. The zero-order chi connectivity index (χ0) is 14.6. The van der Waals surface area contributed by atoms with Gasteiger partial charge in [0.25, 0.3) is 0 Å². The van der Waals surface area contributed by atoms with Crippen LogP contribution in [0.3, 0.4) is 0 Å². The molecule has 1 aromatic rings. The predicted octanol–water partition coefficient (Wildman–Crippen LogP) is 0.539. The van der Waals surface area contributed by atoms with Crippen LogP contribution >= 0.6 is 0 Å². The van der Waals surface area contributed by atoms with Gasteiger partial charge in [0.05, 0.1) is 11.8 Å². The molecule has 1 unspecified atom stereocenters. The topological polar surface area (TPSA) is 78.4 Å². The van der Waals surface area contributed by atoms with E-state index in [1.165, 1.54) is 6.92 Å². The highest BCUT2D eigenvalue weighted by Crippen LogP contribution is 2.19. The Bertz CT molecular complexity index is 506. The van der Waals surface area contributed by atoms with Gasteiger partial charge in [-0.25, -0.2) is 13.2 Å². The minimum absolute atomic E-state index is 0.174. The Morgan fingerprint density at radius 2 is 1.84 bits per heavy atom. The summed E-state index contributed by atoms with van der Waals surface area (Å²) in [6, 6.07) is 1.40. The maximum atomic E-state index is 13.2. The molecule has 0 radical (unpaired) electrons. The molecule has 1 aromatic carbocycles. The van der Waals surface area contributed by atoms with Crippen molar-refractivity contribution < 1.29 is 27.9 Å². The lowest BCUT2D eigenvalue weighted by Gasteiger charge is -2.08. The van der Waals surface area contributed by atoms with E-state index >= 15 is 0 Å². The van der Waals surface area contributed by atoms with Gasteiger partial charge in [-0.3, -0.25) is 9.59 Å². The molecule has 5 nitrogen and oxygen atoms in total. The summed E-state index contributed by atoms with van der Waals surface area (Å²) in [6.07, 6.45) is -0.864. The first kappa shape index (κ1) is 15.0. The second-order valence-electron chi connectivity index (χ2n) is 3.74. The maximum absolute atomic E-state index is 13.2. The van der Waals surface area contributed by atoms with Crippen LogP contribution in [0.5, 0.6) is 0 Å². The van der Waals surface area contributed by atoms with E-state index < -0.39 is 41.1 Å². The number of aliphatic hydroxyl groups excluding tert-OH is 1. The van der Waals surface area contributed by atoms with Gasteiger partial charge in [-0.1, -0.05) is 0 Å². The number of carbonyl (C=O) groups excluding carboxylic acids is 2. The summed E-state index contributed by atoms with van der Waals surface area (Å²) in [7, 11) is 0. The Balaban J connectivity index is 2.72. The van der Waals surface area contributed by atoms with E-state index in [4.69, 9.17) is 5.11 Å². The minimum Gasteiger partial charge on any atom is -0.392 e. The molecule has 0 aliphatic heterocycles. The van der Waals surface area contributed by atoms with Crippen molar-refractivity contribution in [3.05, 3.63) is 29.6 Å². The van der Waals surface area contributed by atoms with E-state index in [1.807, 2.05) is 0 Å². The van der Waals surface area contributed by atoms with Crippen molar-refractivity contribution in [3.63, 3.8) is 0 Å². The van der Waals surface area contributed by atoms with Crippen molar-refractivity contribution in [2.75, 3.05) is 11.9 Å². The highest BCUT2D eigenvalue weighted by Gasteiger charge is 2.19. The van der Waals surface area contributed by atoms with E-state index in [-0.39, 0.29) is 6.54 Å². The third-order valence-corrected chi connectivity index (χ3v) is 2.05. The number of amides is 2. The van der Waals surface area contributed by atoms with Gasteiger partial charge < -0.3 is 15.7 Å². The standard InChI is InChI=1S/C11H11F3N2O3/c1-5(17)4-15-10(18)11(19)16-7-3-2-6(12)8(13)9(7)14/h2-3,5,17H,4H2,1H3,(H,15,18)(H,16,19).